The Bertz CT molecular complexity index is 1320. The van der Waals surface area contributed by atoms with Crippen molar-refractivity contribution in [1.82, 2.24) is 0 Å². The molecule has 39 heavy (non-hydrogen) atoms. The van der Waals surface area contributed by atoms with Crippen molar-refractivity contribution in [2.75, 3.05) is 49.8 Å². The normalized spacial score (nSPS) is 10.3. The summed E-state index contributed by atoms with van der Waals surface area (Å²) in [6, 6.07) is 15.8. The van der Waals surface area contributed by atoms with Crippen molar-refractivity contribution in [2.24, 2.45) is 0 Å². The van der Waals surface area contributed by atoms with Crippen LogP contribution in [0.3, 0.4) is 0 Å². The van der Waals surface area contributed by atoms with Gasteiger partial charge in [0.25, 0.3) is 5.24 Å². The highest BCUT2D eigenvalue weighted by Crippen LogP contribution is 2.44. The van der Waals surface area contributed by atoms with Gasteiger partial charge >= 0.3 is 0 Å². The minimum absolute atomic E-state index is 0.359. The molecule has 0 saturated carbocycles. The largest absolute Gasteiger partial charge is 0.497 e. The Kier molecular flexibility index (Phi) is 11.8. The molecule has 0 N–H and O–H groups in total. The van der Waals surface area contributed by atoms with Crippen LogP contribution >= 0.6 is 11.6 Å². The molecule has 0 unspecified atom stereocenters. The van der Waals surface area contributed by atoms with Gasteiger partial charge in [0, 0.05) is 34.9 Å². The number of hydrogen-bond donors (Lipinski definition) is 0. The van der Waals surface area contributed by atoms with E-state index in [1.54, 1.807) is 51.7 Å². The van der Waals surface area contributed by atoms with E-state index in [0.717, 1.165) is 5.56 Å². The van der Waals surface area contributed by atoms with Crippen molar-refractivity contribution >= 4 is 22.4 Å². The minimum Gasteiger partial charge on any atom is -0.497 e. The van der Waals surface area contributed by atoms with Crippen LogP contribution in [0.4, 0.5) is 0 Å². The average Bonchev–Trinajstić information content (AvgIpc) is 2.98. The van der Waals surface area contributed by atoms with Crippen LogP contribution in [0.25, 0.3) is 5.57 Å². The maximum absolute atomic E-state index is 10.8. The maximum Gasteiger partial charge on any atom is 0.252 e. The molecule has 3 aromatic rings. The molecule has 0 fully saturated rings. The van der Waals surface area contributed by atoms with E-state index in [1.165, 1.54) is 34.5 Å². The van der Waals surface area contributed by atoms with Crippen LogP contribution in [0.5, 0.6) is 40.2 Å². The third-order valence-corrected chi connectivity index (χ3v) is 5.66. The number of methoxy groups -OCH3 is 7. The molecule has 3 aromatic carbocycles. The smallest absolute Gasteiger partial charge is 0.252 e. The summed E-state index contributed by atoms with van der Waals surface area (Å²) in [6.45, 7) is 0. The van der Waals surface area contributed by atoms with Gasteiger partial charge in [0.1, 0.15) is 23.0 Å². The predicted molar refractivity (Wildman–Crippen MR) is 148 cm³/mol. The van der Waals surface area contributed by atoms with Gasteiger partial charge in [0.05, 0.1) is 55.8 Å². The Labute approximate surface area is 233 Å². The predicted octanol–water partition coefficient (Wildman–Crippen LogP) is 5.77. The van der Waals surface area contributed by atoms with E-state index < -0.39 is 5.24 Å². The highest BCUT2D eigenvalue weighted by atomic mass is 35.5. The fraction of sp³-hybridized carbons (Fsp3) is 0.241. The number of rotatable bonds is 10. The molecule has 3 rings (SSSR count). The molecule has 0 heterocycles. The summed E-state index contributed by atoms with van der Waals surface area (Å²) in [5.74, 6) is 3.77. The molecule has 0 amide bonds. The van der Waals surface area contributed by atoms with E-state index >= 15 is 0 Å². The third kappa shape index (κ3) is 7.72. The van der Waals surface area contributed by atoms with E-state index in [-0.39, 0.29) is 0 Å². The number of carbonyl (C=O) groups is 1. The van der Waals surface area contributed by atoms with Crippen LogP contribution in [-0.4, -0.2) is 55.0 Å². The van der Waals surface area contributed by atoms with Gasteiger partial charge in [-0.2, -0.15) is 5.26 Å². The molecule has 0 radical (unpaired) electrons. The number of hydrogen-bond acceptors (Lipinski definition) is 9. The van der Waals surface area contributed by atoms with E-state index in [1.807, 2.05) is 18.2 Å². The van der Waals surface area contributed by atoms with Gasteiger partial charge in [-0.15, -0.1) is 0 Å². The first-order chi connectivity index (χ1) is 18.8. The quantitative estimate of drug-likeness (QED) is 0.228. The standard InChI is InChI=1S/C20H21NO5.C9H9ClO3/c1-22-14-10-13(11-15(12-14)23-2)16(8-9-21)17-6-7-18(24-3)20(26-5)19(17)25-4;1-12-7-3-6(9(10)11)4-8(5-7)13-2/h6-8,10-12H,1-5H3;3-5H,1-2H3. The molecular weight excluding hydrogens is 526 g/mol. The first-order valence-corrected chi connectivity index (χ1v) is 11.7. The van der Waals surface area contributed by atoms with Gasteiger partial charge in [-0.1, -0.05) is 0 Å². The summed E-state index contributed by atoms with van der Waals surface area (Å²) in [4.78, 5) is 10.8. The summed E-state index contributed by atoms with van der Waals surface area (Å²) in [5.41, 5.74) is 2.43. The molecule has 0 aliphatic carbocycles. The van der Waals surface area contributed by atoms with Crippen molar-refractivity contribution in [3.63, 3.8) is 0 Å². The summed E-state index contributed by atoms with van der Waals surface area (Å²) < 4.78 is 36.9. The number of allylic oxidation sites excluding steroid dienone is 1. The lowest BCUT2D eigenvalue weighted by Crippen LogP contribution is -2.00. The van der Waals surface area contributed by atoms with Gasteiger partial charge in [-0.25, -0.2) is 0 Å². The van der Waals surface area contributed by atoms with Gasteiger partial charge in [0.15, 0.2) is 11.5 Å². The number of halogens is 1. The van der Waals surface area contributed by atoms with E-state index in [4.69, 9.17) is 44.8 Å². The molecule has 0 aliphatic rings. The third-order valence-electron chi connectivity index (χ3n) is 5.44. The molecule has 0 atom stereocenters. The molecule has 0 aromatic heterocycles. The molecule has 9 nitrogen and oxygen atoms in total. The van der Waals surface area contributed by atoms with Crippen LogP contribution in [0.2, 0.25) is 0 Å². The number of ether oxygens (including phenoxy) is 7. The molecule has 0 aliphatic heterocycles. The Balaban J connectivity index is 0.000000344. The zero-order valence-electron chi connectivity index (χ0n) is 22.8. The van der Waals surface area contributed by atoms with Gasteiger partial charge in [0.2, 0.25) is 5.75 Å². The minimum atomic E-state index is -0.530. The molecule has 0 bridgehead atoms. The average molecular weight is 556 g/mol. The second-order valence-electron chi connectivity index (χ2n) is 7.55. The highest BCUT2D eigenvalue weighted by Gasteiger charge is 2.20. The van der Waals surface area contributed by atoms with Gasteiger partial charge in [-0.3, -0.25) is 4.79 Å². The number of carbonyl (C=O) groups excluding carboxylic acids is 1. The number of nitrogens with zero attached hydrogens (tertiary/aromatic N) is 1. The van der Waals surface area contributed by atoms with E-state index in [9.17, 15) is 10.1 Å². The fourth-order valence-corrected chi connectivity index (χ4v) is 3.69. The second kappa shape index (κ2) is 15.0. The Hall–Kier alpha value is -4.55. The van der Waals surface area contributed by atoms with E-state index in [2.05, 4.69) is 6.07 Å². The SMILES string of the molecule is COc1cc(OC)cc(C(=CC#N)c2ccc(OC)c(OC)c2OC)c1.COc1cc(OC)cc(C(=O)Cl)c1. The van der Waals surface area contributed by atoms with Crippen LogP contribution in [-0.2, 0) is 0 Å². The monoisotopic (exact) mass is 555 g/mol. The summed E-state index contributed by atoms with van der Waals surface area (Å²) >= 11 is 5.31. The van der Waals surface area contributed by atoms with Gasteiger partial charge in [-0.05, 0) is 53.6 Å². The van der Waals surface area contributed by atoms with E-state index in [0.29, 0.717) is 56.9 Å². The Morgan fingerprint density at radius 1 is 0.667 bits per heavy atom. The lowest BCUT2D eigenvalue weighted by Gasteiger charge is -2.18. The Morgan fingerprint density at radius 2 is 1.13 bits per heavy atom. The maximum atomic E-state index is 10.8. The van der Waals surface area contributed by atoms with Gasteiger partial charge < -0.3 is 33.2 Å². The van der Waals surface area contributed by atoms with Crippen LogP contribution in [0.1, 0.15) is 21.5 Å². The molecule has 0 spiro atoms. The second-order valence-corrected chi connectivity index (χ2v) is 7.89. The van der Waals surface area contributed by atoms with Crippen LogP contribution in [0, 0.1) is 11.3 Å². The zero-order chi connectivity index (χ0) is 28.9. The van der Waals surface area contributed by atoms with Crippen molar-refractivity contribution in [3.05, 3.63) is 71.3 Å². The summed E-state index contributed by atoms with van der Waals surface area (Å²) in [5, 5.41) is 8.79. The molecular formula is C29H30ClNO8. The molecule has 0 saturated heterocycles. The molecule has 206 valence electrons. The lowest BCUT2D eigenvalue weighted by atomic mass is 9.95. The fourth-order valence-electron chi connectivity index (χ4n) is 3.58. The summed E-state index contributed by atoms with van der Waals surface area (Å²) in [7, 11) is 10.8. The van der Waals surface area contributed by atoms with Crippen molar-refractivity contribution in [2.45, 2.75) is 0 Å². The van der Waals surface area contributed by atoms with Crippen molar-refractivity contribution in [1.29, 1.82) is 5.26 Å². The van der Waals surface area contributed by atoms with Crippen molar-refractivity contribution < 1.29 is 38.0 Å². The summed E-state index contributed by atoms with van der Waals surface area (Å²) in [6.07, 6.45) is 1.44. The first kappa shape index (κ1) is 30.7. The molecule has 10 heteroatoms. The zero-order valence-corrected chi connectivity index (χ0v) is 23.5. The lowest BCUT2D eigenvalue weighted by molar-refractivity contribution is 0.108. The highest BCUT2D eigenvalue weighted by molar-refractivity contribution is 6.67. The number of benzene rings is 3. The number of nitriles is 1. The van der Waals surface area contributed by atoms with Crippen LogP contribution < -0.4 is 33.2 Å². The topological polar surface area (TPSA) is 105 Å². The van der Waals surface area contributed by atoms with Crippen LogP contribution in [0.15, 0.2) is 54.6 Å². The van der Waals surface area contributed by atoms with Crippen molar-refractivity contribution in [3.8, 4) is 46.3 Å². The Morgan fingerprint density at radius 3 is 1.49 bits per heavy atom. The first-order valence-electron chi connectivity index (χ1n) is 11.4.